The number of amides is 6. The second kappa shape index (κ2) is 6.87. The first-order valence-corrected chi connectivity index (χ1v) is 9.17. The monoisotopic (exact) mass is 433 g/mol. The Balaban J connectivity index is 2.04. The van der Waals surface area contributed by atoms with Crippen molar-refractivity contribution in [3.8, 4) is 0 Å². The minimum atomic E-state index is -5.05. The van der Waals surface area contributed by atoms with Crippen molar-refractivity contribution in [1.29, 1.82) is 0 Å². The fourth-order valence-corrected chi connectivity index (χ4v) is 3.44. The molecule has 158 valence electrons. The van der Waals surface area contributed by atoms with Gasteiger partial charge in [-0.3, -0.25) is 4.55 Å². The first-order chi connectivity index (χ1) is 13.4. The van der Waals surface area contributed by atoms with Gasteiger partial charge in [-0.15, -0.1) is 4.28 Å². The number of carbonyl (C=O) groups is 4. The molecule has 2 bridgehead atoms. The second-order valence-corrected chi connectivity index (χ2v) is 7.08. The van der Waals surface area contributed by atoms with Crippen LogP contribution in [0.15, 0.2) is 6.20 Å². The Hall–Kier alpha value is -3.44. The predicted molar refractivity (Wildman–Crippen MR) is 88.5 cm³/mol. The van der Waals surface area contributed by atoms with Gasteiger partial charge in [0.05, 0.1) is 18.3 Å². The summed E-state index contributed by atoms with van der Waals surface area (Å²) in [5.74, 6) is 0. The summed E-state index contributed by atoms with van der Waals surface area (Å²) in [7, 11) is -3.96. The Morgan fingerprint density at radius 3 is 2.66 bits per heavy atom. The standard InChI is InChI=1S/C12H15N7O9S/c1-16(9(13)20)11(23)18-3-5-7-4-17(12(24)19(7)28-29(25,26)27)6(8(5)15-18)2-14-10(21)22/h3,6-7,14H,2,4H2,1H3,(H2,13,20)(H,21,22)(H,25,26,27). The number of nitrogens with two attached hydrogens (primary N) is 1. The third-order valence-electron chi connectivity index (χ3n) is 4.35. The van der Waals surface area contributed by atoms with Gasteiger partial charge < -0.3 is 21.1 Å². The fraction of sp³-hybridized carbons (Fsp3) is 0.417. The summed E-state index contributed by atoms with van der Waals surface area (Å²) in [6.07, 6.45) is -0.262. The average Bonchev–Trinajstić information content (AvgIpc) is 3.16. The first-order valence-electron chi connectivity index (χ1n) is 7.81. The zero-order valence-corrected chi connectivity index (χ0v) is 15.4. The van der Waals surface area contributed by atoms with Crippen molar-refractivity contribution in [2.45, 2.75) is 12.1 Å². The molecule has 0 aromatic carbocycles. The van der Waals surface area contributed by atoms with Crippen LogP contribution in [0.1, 0.15) is 23.3 Å². The van der Waals surface area contributed by atoms with E-state index in [1.807, 2.05) is 0 Å². The molecule has 17 heteroatoms. The number of nitrogens with one attached hydrogen (secondary N) is 1. The van der Waals surface area contributed by atoms with E-state index in [0.717, 1.165) is 22.8 Å². The molecule has 1 aromatic heterocycles. The van der Waals surface area contributed by atoms with E-state index in [9.17, 15) is 27.6 Å². The van der Waals surface area contributed by atoms with E-state index < -0.39 is 46.7 Å². The number of imide groups is 1. The maximum atomic E-state index is 12.5. The average molecular weight is 433 g/mol. The Morgan fingerprint density at radius 1 is 1.45 bits per heavy atom. The number of hydrogen-bond donors (Lipinski definition) is 4. The van der Waals surface area contributed by atoms with Crippen molar-refractivity contribution in [1.82, 2.24) is 30.0 Å². The number of nitrogens with zero attached hydrogens (tertiary/aromatic N) is 5. The number of carboxylic acid groups (broad SMARTS) is 1. The van der Waals surface area contributed by atoms with E-state index in [-0.39, 0.29) is 24.3 Å². The molecule has 29 heavy (non-hydrogen) atoms. The highest BCUT2D eigenvalue weighted by molar-refractivity contribution is 7.80. The van der Waals surface area contributed by atoms with E-state index in [1.165, 1.54) is 0 Å². The third kappa shape index (κ3) is 3.65. The SMILES string of the molecule is CN(C(N)=O)C(=O)n1cc2c(n1)C(CNC(=O)O)N1CC2N(OS(=O)(=O)O)C1=O. The lowest BCUT2D eigenvalue weighted by atomic mass is 9.98. The van der Waals surface area contributed by atoms with Gasteiger partial charge in [-0.2, -0.15) is 23.3 Å². The summed E-state index contributed by atoms with van der Waals surface area (Å²) in [6.45, 7) is -0.476. The molecule has 2 unspecified atom stereocenters. The summed E-state index contributed by atoms with van der Waals surface area (Å²) in [5.41, 5.74) is 5.27. The highest BCUT2D eigenvalue weighted by Gasteiger charge is 2.52. The van der Waals surface area contributed by atoms with Gasteiger partial charge in [0.2, 0.25) is 0 Å². The van der Waals surface area contributed by atoms with Crippen molar-refractivity contribution in [2.75, 3.05) is 20.1 Å². The summed E-state index contributed by atoms with van der Waals surface area (Å²) >= 11 is 0. The maximum Gasteiger partial charge on any atom is 0.418 e. The van der Waals surface area contributed by atoms with Crippen LogP contribution in [0.3, 0.4) is 0 Å². The number of hydroxylamine groups is 2. The fourth-order valence-electron chi connectivity index (χ4n) is 3.07. The Morgan fingerprint density at radius 2 is 2.10 bits per heavy atom. The molecule has 6 amide bonds. The van der Waals surface area contributed by atoms with Crippen LogP contribution >= 0.6 is 0 Å². The second-order valence-electron chi connectivity index (χ2n) is 6.07. The van der Waals surface area contributed by atoms with Crippen LogP contribution in [0.2, 0.25) is 0 Å². The molecule has 2 atom stereocenters. The van der Waals surface area contributed by atoms with Crippen molar-refractivity contribution < 1.29 is 41.5 Å². The van der Waals surface area contributed by atoms with E-state index in [4.69, 9.17) is 15.4 Å². The molecule has 1 saturated heterocycles. The van der Waals surface area contributed by atoms with Gasteiger partial charge in [0.1, 0.15) is 6.04 Å². The highest BCUT2D eigenvalue weighted by atomic mass is 32.3. The number of hydrogen-bond acceptors (Lipinski definition) is 8. The molecule has 16 nitrogen and oxygen atoms in total. The lowest BCUT2D eigenvalue weighted by Crippen LogP contribution is -2.42. The minimum absolute atomic E-state index is 0.0657. The lowest BCUT2D eigenvalue weighted by molar-refractivity contribution is -0.0317. The van der Waals surface area contributed by atoms with Crippen LogP contribution in [-0.2, 0) is 14.7 Å². The number of carbonyl (C=O) groups excluding carboxylic acids is 3. The van der Waals surface area contributed by atoms with Gasteiger partial charge in [0.25, 0.3) is 0 Å². The molecule has 2 aliphatic rings. The molecule has 1 fully saturated rings. The van der Waals surface area contributed by atoms with Crippen molar-refractivity contribution >= 4 is 34.6 Å². The van der Waals surface area contributed by atoms with Crippen LogP contribution in [0.4, 0.5) is 19.2 Å². The van der Waals surface area contributed by atoms with Crippen molar-refractivity contribution in [3.63, 3.8) is 0 Å². The maximum absolute atomic E-state index is 12.5. The number of rotatable bonds is 4. The predicted octanol–water partition coefficient (Wildman–Crippen LogP) is -1.30. The van der Waals surface area contributed by atoms with Gasteiger partial charge in [-0.05, 0) is 0 Å². The Kier molecular flexibility index (Phi) is 4.81. The van der Waals surface area contributed by atoms with E-state index in [1.54, 1.807) is 0 Å². The molecule has 3 rings (SSSR count). The van der Waals surface area contributed by atoms with E-state index in [2.05, 4.69) is 14.7 Å². The Labute approximate surface area is 162 Å². The molecular weight excluding hydrogens is 418 g/mol. The summed E-state index contributed by atoms with van der Waals surface area (Å²) in [5, 5.41) is 15.3. The molecule has 2 aliphatic heterocycles. The van der Waals surface area contributed by atoms with Crippen LogP contribution in [0.5, 0.6) is 0 Å². The molecular formula is C12H15N7O9S. The number of fused-ring (bicyclic) bond motifs is 4. The van der Waals surface area contributed by atoms with E-state index >= 15 is 0 Å². The summed E-state index contributed by atoms with van der Waals surface area (Å²) < 4.78 is 36.2. The quantitative estimate of drug-likeness (QED) is 0.411. The van der Waals surface area contributed by atoms with Crippen LogP contribution in [0, 0.1) is 0 Å². The number of aromatic nitrogens is 2. The zero-order valence-electron chi connectivity index (χ0n) is 14.6. The first kappa shape index (κ1) is 20.3. The number of urea groups is 2. The third-order valence-corrected chi connectivity index (χ3v) is 4.69. The van der Waals surface area contributed by atoms with Crippen molar-refractivity contribution in [2.24, 2.45) is 5.73 Å². The van der Waals surface area contributed by atoms with Gasteiger partial charge in [-0.1, -0.05) is 0 Å². The zero-order chi connectivity index (χ0) is 21.7. The molecule has 0 radical (unpaired) electrons. The van der Waals surface area contributed by atoms with Gasteiger partial charge in [0.15, 0.2) is 0 Å². The smallest absolute Gasteiger partial charge is 0.418 e. The largest absolute Gasteiger partial charge is 0.465 e. The lowest BCUT2D eigenvalue weighted by Gasteiger charge is -2.29. The molecule has 0 spiro atoms. The van der Waals surface area contributed by atoms with Gasteiger partial charge in [-0.25, -0.2) is 24.1 Å². The topological polar surface area (TPSA) is 218 Å². The Bertz CT molecular complexity index is 1010. The molecule has 5 N–H and O–H groups in total. The normalized spacial score (nSPS) is 20.4. The van der Waals surface area contributed by atoms with Crippen LogP contribution in [-0.4, -0.2) is 87.0 Å². The molecule has 0 aliphatic carbocycles. The summed E-state index contributed by atoms with van der Waals surface area (Å²) in [6, 6.07) is -5.08. The van der Waals surface area contributed by atoms with Gasteiger partial charge >= 0.3 is 34.6 Å². The summed E-state index contributed by atoms with van der Waals surface area (Å²) in [4.78, 5) is 48.5. The van der Waals surface area contributed by atoms with E-state index in [0.29, 0.717) is 9.96 Å². The molecule has 3 heterocycles. The highest BCUT2D eigenvalue weighted by Crippen LogP contribution is 2.43. The molecule has 1 aromatic rings. The van der Waals surface area contributed by atoms with Crippen LogP contribution < -0.4 is 11.1 Å². The minimum Gasteiger partial charge on any atom is -0.465 e. The van der Waals surface area contributed by atoms with Gasteiger partial charge in [0, 0.05) is 25.4 Å². The molecule has 0 saturated carbocycles. The number of primary amides is 1. The van der Waals surface area contributed by atoms with Crippen LogP contribution in [0.25, 0.3) is 0 Å². The van der Waals surface area contributed by atoms with Crippen molar-refractivity contribution in [3.05, 3.63) is 17.5 Å².